The topological polar surface area (TPSA) is 64.6 Å². The summed E-state index contributed by atoms with van der Waals surface area (Å²) in [6, 6.07) is 1.72. The molecule has 0 aliphatic carbocycles. The van der Waals surface area contributed by atoms with Crippen LogP contribution in [0, 0.1) is 0 Å². The number of hydrogen-bond donors (Lipinski definition) is 0. The lowest BCUT2D eigenvalue weighted by Gasteiger charge is -2.21. The van der Waals surface area contributed by atoms with Crippen molar-refractivity contribution in [3.63, 3.8) is 0 Å². The fraction of sp³-hybridized carbons (Fsp3) is 0.583. The van der Waals surface area contributed by atoms with Gasteiger partial charge in [0, 0.05) is 12.6 Å². The molecule has 1 heterocycles. The summed E-state index contributed by atoms with van der Waals surface area (Å²) in [6.07, 6.45) is 2.34. The predicted octanol–water partition coefficient (Wildman–Crippen LogP) is 1.26. The molecular weight excluding hydrogens is 234 g/mol. The van der Waals surface area contributed by atoms with Gasteiger partial charge in [0.25, 0.3) is 0 Å². The molecule has 0 amide bonds. The Balaban J connectivity index is 2.83. The van der Waals surface area contributed by atoms with Crippen molar-refractivity contribution in [2.24, 2.45) is 0 Å². The molecule has 0 aliphatic rings. The summed E-state index contributed by atoms with van der Waals surface area (Å²) in [4.78, 5) is 21.3. The van der Waals surface area contributed by atoms with Gasteiger partial charge in [-0.25, -0.2) is 9.97 Å². The summed E-state index contributed by atoms with van der Waals surface area (Å²) in [5.74, 6) is 0.884. The number of methoxy groups -OCH3 is 1. The number of rotatable bonds is 7. The molecule has 0 atom stereocenters. The van der Waals surface area contributed by atoms with Gasteiger partial charge in [0.2, 0.25) is 5.88 Å². The smallest absolute Gasteiger partial charge is 0.325 e. The molecule has 1 aromatic rings. The predicted molar refractivity (Wildman–Crippen MR) is 67.7 cm³/mol. The lowest BCUT2D eigenvalue weighted by atomic mass is 10.4. The third-order valence-electron chi connectivity index (χ3n) is 2.28. The van der Waals surface area contributed by atoms with Crippen LogP contribution in [0.1, 0.15) is 20.3 Å². The lowest BCUT2D eigenvalue weighted by molar-refractivity contribution is -0.138. The van der Waals surface area contributed by atoms with E-state index in [9.17, 15) is 4.79 Å². The second-order valence-corrected chi connectivity index (χ2v) is 3.65. The van der Waals surface area contributed by atoms with E-state index < -0.39 is 0 Å². The summed E-state index contributed by atoms with van der Waals surface area (Å²) in [6.45, 7) is 5.36. The standard InChI is InChI=1S/C12H19N3O3/c1-4-6-15(8-12(16)17-3)10-7-11(18-5-2)14-9-13-10/h7,9H,4-6,8H2,1-3H3. The number of carbonyl (C=O) groups excluding carboxylic acids is 1. The van der Waals surface area contributed by atoms with Crippen molar-refractivity contribution in [2.75, 3.05) is 31.7 Å². The fourth-order valence-corrected chi connectivity index (χ4v) is 1.49. The Kier molecular flexibility index (Phi) is 5.90. The molecule has 6 heteroatoms. The van der Waals surface area contributed by atoms with E-state index in [0.717, 1.165) is 13.0 Å². The zero-order chi connectivity index (χ0) is 13.4. The van der Waals surface area contributed by atoms with Crippen LogP contribution in [0.2, 0.25) is 0 Å². The van der Waals surface area contributed by atoms with Crippen molar-refractivity contribution >= 4 is 11.8 Å². The number of nitrogens with zero attached hydrogens (tertiary/aromatic N) is 3. The third kappa shape index (κ3) is 4.20. The van der Waals surface area contributed by atoms with Crippen LogP contribution < -0.4 is 9.64 Å². The summed E-state index contributed by atoms with van der Waals surface area (Å²) in [5.41, 5.74) is 0. The van der Waals surface area contributed by atoms with Gasteiger partial charge in [0.1, 0.15) is 18.7 Å². The molecule has 1 aromatic heterocycles. The molecule has 0 N–H and O–H groups in total. The van der Waals surface area contributed by atoms with E-state index in [4.69, 9.17) is 4.74 Å². The van der Waals surface area contributed by atoms with Crippen LogP contribution in [0.4, 0.5) is 5.82 Å². The molecule has 0 aliphatic heterocycles. The molecule has 0 fully saturated rings. The highest BCUT2D eigenvalue weighted by Gasteiger charge is 2.13. The van der Waals surface area contributed by atoms with Crippen LogP contribution in [-0.2, 0) is 9.53 Å². The van der Waals surface area contributed by atoms with E-state index in [1.54, 1.807) is 6.07 Å². The number of esters is 1. The number of carbonyl (C=O) groups is 1. The fourth-order valence-electron chi connectivity index (χ4n) is 1.49. The molecule has 0 saturated carbocycles. The molecule has 0 unspecified atom stereocenters. The highest BCUT2D eigenvalue weighted by Crippen LogP contribution is 2.16. The summed E-state index contributed by atoms with van der Waals surface area (Å²) < 4.78 is 9.98. The Morgan fingerprint density at radius 2 is 2.17 bits per heavy atom. The summed E-state index contributed by atoms with van der Waals surface area (Å²) in [5, 5.41) is 0. The molecule has 100 valence electrons. The average Bonchev–Trinajstić information content (AvgIpc) is 2.39. The van der Waals surface area contributed by atoms with E-state index in [0.29, 0.717) is 18.3 Å². The molecule has 0 spiro atoms. The molecule has 0 radical (unpaired) electrons. The zero-order valence-corrected chi connectivity index (χ0v) is 11.0. The van der Waals surface area contributed by atoms with Crippen LogP contribution in [0.3, 0.4) is 0 Å². The van der Waals surface area contributed by atoms with Gasteiger partial charge in [-0.15, -0.1) is 0 Å². The van der Waals surface area contributed by atoms with Gasteiger partial charge in [-0.1, -0.05) is 6.92 Å². The third-order valence-corrected chi connectivity index (χ3v) is 2.28. The van der Waals surface area contributed by atoms with Crippen LogP contribution in [0.5, 0.6) is 5.88 Å². The molecule has 1 rings (SSSR count). The van der Waals surface area contributed by atoms with E-state index >= 15 is 0 Å². The van der Waals surface area contributed by atoms with Gasteiger partial charge in [0.15, 0.2) is 0 Å². The number of hydrogen-bond acceptors (Lipinski definition) is 6. The number of ether oxygens (including phenoxy) is 2. The first-order chi connectivity index (χ1) is 8.71. The van der Waals surface area contributed by atoms with Crippen LogP contribution >= 0.6 is 0 Å². The first kappa shape index (κ1) is 14.2. The molecule has 18 heavy (non-hydrogen) atoms. The normalized spacial score (nSPS) is 9.94. The van der Waals surface area contributed by atoms with E-state index in [1.165, 1.54) is 13.4 Å². The highest BCUT2D eigenvalue weighted by atomic mass is 16.5. The van der Waals surface area contributed by atoms with Gasteiger partial charge >= 0.3 is 5.97 Å². The maximum Gasteiger partial charge on any atom is 0.325 e. The van der Waals surface area contributed by atoms with Gasteiger partial charge in [0.05, 0.1) is 13.7 Å². The first-order valence-electron chi connectivity index (χ1n) is 5.97. The SMILES string of the molecule is CCCN(CC(=O)OC)c1cc(OCC)ncn1. The minimum atomic E-state index is -0.292. The van der Waals surface area contributed by atoms with Crippen LogP contribution in [0.15, 0.2) is 12.4 Å². The zero-order valence-electron chi connectivity index (χ0n) is 11.0. The first-order valence-corrected chi connectivity index (χ1v) is 5.97. The van der Waals surface area contributed by atoms with Crippen molar-refractivity contribution in [2.45, 2.75) is 20.3 Å². The minimum absolute atomic E-state index is 0.174. The second kappa shape index (κ2) is 7.47. The van der Waals surface area contributed by atoms with Gasteiger partial charge < -0.3 is 14.4 Å². The van der Waals surface area contributed by atoms with E-state index in [1.807, 2.05) is 18.7 Å². The van der Waals surface area contributed by atoms with Gasteiger partial charge in [-0.05, 0) is 13.3 Å². The van der Waals surface area contributed by atoms with Crippen molar-refractivity contribution in [3.8, 4) is 5.88 Å². The van der Waals surface area contributed by atoms with Crippen LogP contribution in [0.25, 0.3) is 0 Å². The Morgan fingerprint density at radius 1 is 1.39 bits per heavy atom. The van der Waals surface area contributed by atoms with E-state index in [2.05, 4.69) is 14.7 Å². The molecule has 6 nitrogen and oxygen atoms in total. The van der Waals surface area contributed by atoms with Crippen LogP contribution in [-0.4, -0.2) is 42.7 Å². The van der Waals surface area contributed by atoms with Gasteiger partial charge in [-0.3, -0.25) is 4.79 Å². The minimum Gasteiger partial charge on any atom is -0.478 e. The van der Waals surface area contributed by atoms with Crippen molar-refractivity contribution in [1.29, 1.82) is 0 Å². The second-order valence-electron chi connectivity index (χ2n) is 3.65. The Labute approximate surface area is 107 Å². The van der Waals surface area contributed by atoms with Crippen molar-refractivity contribution in [3.05, 3.63) is 12.4 Å². The molecular formula is C12H19N3O3. The van der Waals surface area contributed by atoms with Crippen molar-refractivity contribution < 1.29 is 14.3 Å². The Morgan fingerprint density at radius 3 is 2.78 bits per heavy atom. The summed E-state index contributed by atoms with van der Waals surface area (Å²) in [7, 11) is 1.37. The Hall–Kier alpha value is -1.85. The molecule has 0 saturated heterocycles. The van der Waals surface area contributed by atoms with Gasteiger partial charge in [-0.2, -0.15) is 0 Å². The average molecular weight is 253 g/mol. The molecule has 0 aromatic carbocycles. The highest BCUT2D eigenvalue weighted by molar-refractivity contribution is 5.75. The van der Waals surface area contributed by atoms with E-state index in [-0.39, 0.29) is 12.5 Å². The Bertz CT molecular complexity index is 385. The van der Waals surface area contributed by atoms with Crippen molar-refractivity contribution in [1.82, 2.24) is 9.97 Å². The summed E-state index contributed by atoms with van der Waals surface area (Å²) >= 11 is 0. The quantitative estimate of drug-likeness (QED) is 0.682. The number of anilines is 1. The lowest BCUT2D eigenvalue weighted by Crippen LogP contribution is -2.32. The maximum atomic E-state index is 11.3. The monoisotopic (exact) mass is 253 g/mol. The maximum absolute atomic E-state index is 11.3. The largest absolute Gasteiger partial charge is 0.478 e. The molecule has 0 bridgehead atoms. The number of aromatic nitrogens is 2.